The lowest BCUT2D eigenvalue weighted by molar-refractivity contribution is -0.384. The van der Waals surface area contributed by atoms with Gasteiger partial charge in [0, 0.05) is 33.4 Å². The molecule has 54 heavy (non-hydrogen) atoms. The molecule has 3 heterocycles. The van der Waals surface area contributed by atoms with Crippen LogP contribution in [0.15, 0.2) is 135 Å². The number of non-ortho nitro benzene ring substituents is 1. The van der Waals surface area contributed by atoms with E-state index in [1.807, 2.05) is 91.9 Å². The van der Waals surface area contributed by atoms with Gasteiger partial charge in [-0.05, 0) is 66.9 Å². The standard InChI is InChI=1S/C42H35BrN4O6S/c1-4-12-33-37(41(49)53-5-2)39(32-25-29(43)17-22-35(32)52-3)46-40(48)36(54-42(46)44-33)24-28-23-34(26-13-8-6-9-14-26)45(38(28)27-15-10-7-11-16-27)30-18-20-31(21-19-30)47(50)51/h6-11,13-25,39H,4-5,12H2,1-3H3/b36-24+/t39-/m0/s1. The van der Waals surface area contributed by atoms with Gasteiger partial charge in [0.05, 0.1) is 45.8 Å². The number of halogens is 1. The Morgan fingerprint density at radius 1 is 0.963 bits per heavy atom. The first-order chi connectivity index (χ1) is 26.2. The molecule has 272 valence electrons. The zero-order chi connectivity index (χ0) is 37.9. The quantitative estimate of drug-likeness (QED) is 0.0738. The van der Waals surface area contributed by atoms with E-state index in [4.69, 9.17) is 14.5 Å². The number of hydrogen-bond acceptors (Lipinski definition) is 8. The second kappa shape index (κ2) is 15.6. The van der Waals surface area contributed by atoms with Crippen LogP contribution in [0.4, 0.5) is 5.69 Å². The van der Waals surface area contributed by atoms with Gasteiger partial charge in [0.15, 0.2) is 4.80 Å². The molecular formula is C42H35BrN4O6S. The molecule has 0 saturated carbocycles. The minimum Gasteiger partial charge on any atom is -0.496 e. The van der Waals surface area contributed by atoms with Crippen LogP contribution < -0.4 is 19.6 Å². The molecule has 0 unspecified atom stereocenters. The molecule has 0 spiro atoms. The van der Waals surface area contributed by atoms with E-state index in [9.17, 15) is 19.7 Å². The summed E-state index contributed by atoms with van der Waals surface area (Å²) in [7, 11) is 1.56. The van der Waals surface area contributed by atoms with Crippen LogP contribution in [-0.4, -0.2) is 33.7 Å². The number of ether oxygens (including phenoxy) is 2. The summed E-state index contributed by atoms with van der Waals surface area (Å²) in [5.41, 5.74) is 6.01. The molecule has 0 N–H and O–H groups in total. The molecule has 1 atom stereocenters. The second-order valence-corrected chi connectivity index (χ2v) is 14.4. The monoisotopic (exact) mass is 802 g/mol. The SMILES string of the molecule is CCCC1=C(C(=O)OCC)[C@H](c2cc(Br)ccc2OC)n2c(s/c(=C/c3cc(-c4ccccc4)n(-c4ccc([N+](=O)[O-])cc4)c3-c3ccccc3)c2=O)=N1. The number of aromatic nitrogens is 2. The fourth-order valence-electron chi connectivity index (χ4n) is 6.82. The van der Waals surface area contributed by atoms with E-state index in [1.165, 1.54) is 23.5 Å². The minimum absolute atomic E-state index is 0.0176. The van der Waals surface area contributed by atoms with E-state index in [0.717, 1.165) is 39.0 Å². The Hall–Kier alpha value is -5.85. The van der Waals surface area contributed by atoms with Crippen molar-refractivity contribution in [2.75, 3.05) is 13.7 Å². The van der Waals surface area contributed by atoms with Crippen LogP contribution in [0, 0.1) is 10.1 Å². The molecular weight excluding hydrogens is 768 g/mol. The maximum Gasteiger partial charge on any atom is 0.338 e. The number of nitro groups is 1. The molecule has 0 aliphatic carbocycles. The number of hydrogen-bond donors (Lipinski definition) is 0. The number of allylic oxidation sites excluding steroid dienone is 1. The second-order valence-electron chi connectivity index (χ2n) is 12.5. The summed E-state index contributed by atoms with van der Waals surface area (Å²) in [5, 5.41) is 11.6. The topological polar surface area (TPSA) is 118 Å². The van der Waals surface area contributed by atoms with Gasteiger partial charge in [0.2, 0.25) is 0 Å². The van der Waals surface area contributed by atoms with E-state index in [-0.39, 0.29) is 17.9 Å². The van der Waals surface area contributed by atoms with Gasteiger partial charge in [-0.15, -0.1) is 0 Å². The lowest BCUT2D eigenvalue weighted by atomic mass is 9.93. The molecule has 12 heteroatoms. The summed E-state index contributed by atoms with van der Waals surface area (Å²) >= 11 is 4.84. The van der Waals surface area contributed by atoms with E-state index >= 15 is 0 Å². The number of fused-ring (bicyclic) bond motifs is 1. The van der Waals surface area contributed by atoms with E-state index in [0.29, 0.717) is 44.0 Å². The van der Waals surface area contributed by atoms with Crippen molar-refractivity contribution < 1.29 is 19.2 Å². The summed E-state index contributed by atoms with van der Waals surface area (Å²) in [4.78, 5) is 45.2. The number of carbonyl (C=O) groups excluding carboxylic acids is 1. The number of methoxy groups -OCH3 is 1. The van der Waals surface area contributed by atoms with Crippen LogP contribution in [0.3, 0.4) is 0 Å². The van der Waals surface area contributed by atoms with Crippen molar-refractivity contribution in [2.45, 2.75) is 32.7 Å². The fourth-order valence-corrected chi connectivity index (χ4v) is 8.21. The number of thiazole rings is 1. The molecule has 2 aromatic heterocycles. The van der Waals surface area contributed by atoms with Crippen molar-refractivity contribution in [3.8, 4) is 34.0 Å². The summed E-state index contributed by atoms with van der Waals surface area (Å²) in [6, 6.07) is 32.8. The first kappa shape index (κ1) is 36.5. The van der Waals surface area contributed by atoms with Gasteiger partial charge < -0.3 is 14.0 Å². The van der Waals surface area contributed by atoms with Gasteiger partial charge >= 0.3 is 5.97 Å². The Kier molecular flexibility index (Phi) is 10.6. The number of carbonyl (C=O) groups is 1. The lowest BCUT2D eigenvalue weighted by Gasteiger charge is -2.27. The highest BCUT2D eigenvalue weighted by molar-refractivity contribution is 9.10. The predicted molar refractivity (Wildman–Crippen MR) is 214 cm³/mol. The third-order valence-electron chi connectivity index (χ3n) is 9.13. The Morgan fingerprint density at radius 3 is 2.28 bits per heavy atom. The molecule has 0 fully saturated rings. The van der Waals surface area contributed by atoms with E-state index in [1.54, 1.807) is 36.8 Å². The van der Waals surface area contributed by atoms with Crippen LogP contribution in [0.25, 0.3) is 34.3 Å². The summed E-state index contributed by atoms with van der Waals surface area (Å²) in [5.74, 6) is -0.0265. The molecule has 0 amide bonds. The first-order valence-corrected chi connectivity index (χ1v) is 19.0. The van der Waals surface area contributed by atoms with Crippen molar-refractivity contribution in [3.05, 3.63) is 166 Å². The van der Waals surface area contributed by atoms with Crippen LogP contribution in [-0.2, 0) is 9.53 Å². The molecule has 10 nitrogen and oxygen atoms in total. The zero-order valence-electron chi connectivity index (χ0n) is 29.7. The van der Waals surface area contributed by atoms with Crippen LogP contribution in [0.1, 0.15) is 43.9 Å². The minimum atomic E-state index is -0.866. The van der Waals surface area contributed by atoms with Gasteiger partial charge in [-0.3, -0.25) is 19.5 Å². The van der Waals surface area contributed by atoms with Crippen LogP contribution in [0.5, 0.6) is 5.75 Å². The number of nitro benzene ring substituents is 1. The average Bonchev–Trinajstić information content (AvgIpc) is 3.72. The van der Waals surface area contributed by atoms with E-state index < -0.39 is 16.9 Å². The first-order valence-electron chi connectivity index (χ1n) is 17.4. The summed E-state index contributed by atoms with van der Waals surface area (Å²) in [6.45, 7) is 3.92. The highest BCUT2D eigenvalue weighted by Crippen LogP contribution is 2.39. The van der Waals surface area contributed by atoms with Crippen molar-refractivity contribution in [2.24, 2.45) is 4.99 Å². The van der Waals surface area contributed by atoms with Gasteiger partial charge in [-0.1, -0.05) is 101 Å². The molecule has 0 radical (unpaired) electrons. The van der Waals surface area contributed by atoms with Crippen LogP contribution >= 0.6 is 27.3 Å². The Bertz CT molecular complexity index is 2590. The Labute approximate surface area is 323 Å². The largest absolute Gasteiger partial charge is 0.496 e. The van der Waals surface area contributed by atoms with Crippen molar-refractivity contribution >= 4 is 45.0 Å². The number of benzene rings is 4. The summed E-state index contributed by atoms with van der Waals surface area (Å²) < 4.78 is 16.2. The third-order valence-corrected chi connectivity index (χ3v) is 10.6. The highest BCUT2D eigenvalue weighted by atomic mass is 79.9. The summed E-state index contributed by atoms with van der Waals surface area (Å²) in [6.07, 6.45) is 3.09. The zero-order valence-corrected chi connectivity index (χ0v) is 32.1. The fraction of sp³-hybridized carbons (Fsp3) is 0.167. The average molecular weight is 804 g/mol. The number of rotatable bonds is 11. The van der Waals surface area contributed by atoms with Gasteiger partial charge in [0.25, 0.3) is 11.2 Å². The molecule has 7 rings (SSSR count). The molecule has 6 aromatic rings. The van der Waals surface area contributed by atoms with Gasteiger partial charge in [0.1, 0.15) is 11.8 Å². The molecule has 4 aromatic carbocycles. The third kappa shape index (κ3) is 6.85. The molecule has 0 saturated heterocycles. The molecule has 0 bridgehead atoms. The predicted octanol–water partition coefficient (Wildman–Crippen LogP) is 8.38. The van der Waals surface area contributed by atoms with Crippen molar-refractivity contribution in [1.82, 2.24) is 9.13 Å². The van der Waals surface area contributed by atoms with Gasteiger partial charge in [-0.2, -0.15) is 0 Å². The molecule has 1 aliphatic heterocycles. The maximum absolute atomic E-state index is 14.8. The molecule has 1 aliphatic rings. The Balaban J connectivity index is 1.54. The maximum atomic E-state index is 14.8. The van der Waals surface area contributed by atoms with Gasteiger partial charge in [-0.25, -0.2) is 9.79 Å². The van der Waals surface area contributed by atoms with Crippen molar-refractivity contribution in [3.63, 3.8) is 0 Å². The van der Waals surface area contributed by atoms with Crippen molar-refractivity contribution in [1.29, 1.82) is 0 Å². The number of nitrogens with zero attached hydrogens (tertiary/aromatic N) is 4. The number of esters is 1. The van der Waals surface area contributed by atoms with E-state index in [2.05, 4.69) is 20.5 Å². The normalized spacial score (nSPS) is 14.1. The van der Waals surface area contributed by atoms with Crippen LogP contribution in [0.2, 0.25) is 0 Å². The highest BCUT2D eigenvalue weighted by Gasteiger charge is 2.36. The lowest BCUT2D eigenvalue weighted by Crippen LogP contribution is -2.40. The smallest absolute Gasteiger partial charge is 0.338 e. The Morgan fingerprint density at radius 2 is 1.65 bits per heavy atom.